The summed E-state index contributed by atoms with van der Waals surface area (Å²) in [6, 6.07) is 5.92. The van der Waals surface area contributed by atoms with Gasteiger partial charge in [0.15, 0.2) is 0 Å². The van der Waals surface area contributed by atoms with Crippen molar-refractivity contribution in [3.63, 3.8) is 0 Å². The molecule has 2 nitrogen and oxygen atoms in total. The molecule has 2 rings (SSSR count). The van der Waals surface area contributed by atoms with Crippen LogP contribution in [0.25, 0.3) is 0 Å². The Kier molecular flexibility index (Phi) is 4.76. The Morgan fingerprint density at radius 3 is 2.83 bits per heavy atom. The second-order valence-corrected chi connectivity index (χ2v) is 5.66. The van der Waals surface area contributed by atoms with E-state index in [1.807, 2.05) is 19.1 Å². The number of rotatable bonds is 5. The van der Waals surface area contributed by atoms with Crippen molar-refractivity contribution in [3.05, 3.63) is 34.1 Å². The van der Waals surface area contributed by atoms with Gasteiger partial charge in [-0.05, 0) is 60.3 Å². The van der Waals surface area contributed by atoms with Crippen molar-refractivity contribution in [3.8, 4) is 0 Å². The zero-order chi connectivity index (χ0) is 13.1. The van der Waals surface area contributed by atoms with E-state index in [1.165, 1.54) is 6.07 Å². The highest BCUT2D eigenvalue weighted by Crippen LogP contribution is 2.27. The Balaban J connectivity index is 1.85. The SMILES string of the molecule is CCOC1CC(NC(C)c2ccc(F)c(Br)c2)C1. The summed E-state index contributed by atoms with van der Waals surface area (Å²) in [6.45, 7) is 4.92. The van der Waals surface area contributed by atoms with Gasteiger partial charge in [0, 0.05) is 18.7 Å². The molecule has 0 aliphatic heterocycles. The predicted molar refractivity (Wildman–Crippen MR) is 74.1 cm³/mol. The van der Waals surface area contributed by atoms with E-state index in [0.717, 1.165) is 25.0 Å². The summed E-state index contributed by atoms with van der Waals surface area (Å²) < 4.78 is 19.2. The van der Waals surface area contributed by atoms with Crippen molar-refractivity contribution in [2.45, 2.75) is 44.9 Å². The van der Waals surface area contributed by atoms with Crippen LogP contribution in [0.1, 0.15) is 38.3 Å². The van der Waals surface area contributed by atoms with Gasteiger partial charge in [-0.3, -0.25) is 0 Å². The minimum absolute atomic E-state index is 0.217. The average molecular weight is 316 g/mol. The van der Waals surface area contributed by atoms with Crippen LogP contribution < -0.4 is 5.32 Å². The van der Waals surface area contributed by atoms with Crippen LogP contribution in [0.4, 0.5) is 4.39 Å². The van der Waals surface area contributed by atoms with Crippen LogP contribution in [0, 0.1) is 5.82 Å². The third-order valence-electron chi connectivity index (χ3n) is 3.43. The summed E-state index contributed by atoms with van der Waals surface area (Å²) in [5.74, 6) is -0.217. The highest BCUT2D eigenvalue weighted by molar-refractivity contribution is 9.10. The predicted octanol–water partition coefficient (Wildman–Crippen LogP) is 3.81. The number of ether oxygens (including phenoxy) is 1. The molecule has 0 heterocycles. The lowest BCUT2D eigenvalue weighted by atomic mass is 9.88. The molecule has 1 aliphatic rings. The lowest BCUT2D eigenvalue weighted by Gasteiger charge is -2.37. The smallest absolute Gasteiger partial charge is 0.137 e. The first-order valence-corrected chi connectivity index (χ1v) is 7.22. The summed E-state index contributed by atoms with van der Waals surface area (Å²) in [6.07, 6.45) is 2.56. The van der Waals surface area contributed by atoms with Gasteiger partial charge >= 0.3 is 0 Å². The first kappa shape index (κ1) is 14.0. The molecule has 0 aromatic heterocycles. The molecule has 1 atom stereocenters. The van der Waals surface area contributed by atoms with Crippen molar-refractivity contribution in [2.24, 2.45) is 0 Å². The van der Waals surface area contributed by atoms with E-state index in [-0.39, 0.29) is 11.9 Å². The van der Waals surface area contributed by atoms with E-state index in [1.54, 1.807) is 0 Å². The van der Waals surface area contributed by atoms with Crippen LogP contribution in [0.3, 0.4) is 0 Å². The molecule has 1 unspecified atom stereocenters. The molecule has 18 heavy (non-hydrogen) atoms. The number of benzene rings is 1. The van der Waals surface area contributed by atoms with E-state index in [4.69, 9.17) is 4.74 Å². The average Bonchev–Trinajstić information content (AvgIpc) is 2.30. The standard InChI is InChI=1S/C14H19BrFNO/c1-3-18-12-7-11(8-12)17-9(2)10-4-5-14(16)13(15)6-10/h4-6,9,11-12,17H,3,7-8H2,1-2H3. The quantitative estimate of drug-likeness (QED) is 0.892. The molecule has 1 aliphatic carbocycles. The molecule has 1 fully saturated rings. The molecule has 1 N–H and O–H groups in total. The van der Waals surface area contributed by atoms with Gasteiger partial charge in [0.1, 0.15) is 5.82 Å². The first-order chi connectivity index (χ1) is 8.60. The summed E-state index contributed by atoms with van der Waals surface area (Å²) >= 11 is 3.22. The fraction of sp³-hybridized carbons (Fsp3) is 0.571. The minimum Gasteiger partial charge on any atom is -0.378 e. The molecule has 0 spiro atoms. The maximum Gasteiger partial charge on any atom is 0.137 e. The van der Waals surface area contributed by atoms with E-state index < -0.39 is 0 Å². The molecule has 1 saturated carbocycles. The molecule has 4 heteroatoms. The van der Waals surface area contributed by atoms with Crippen LogP contribution in [-0.4, -0.2) is 18.8 Å². The van der Waals surface area contributed by atoms with Gasteiger partial charge in [0.25, 0.3) is 0 Å². The number of halogens is 2. The van der Waals surface area contributed by atoms with Crippen LogP contribution in [0.5, 0.6) is 0 Å². The van der Waals surface area contributed by atoms with E-state index in [0.29, 0.717) is 16.6 Å². The van der Waals surface area contributed by atoms with Gasteiger partial charge in [0.05, 0.1) is 10.6 Å². The summed E-state index contributed by atoms with van der Waals surface area (Å²) in [7, 11) is 0. The van der Waals surface area contributed by atoms with Crippen LogP contribution >= 0.6 is 15.9 Å². The molecule has 1 aromatic carbocycles. The van der Waals surface area contributed by atoms with Crippen molar-refractivity contribution < 1.29 is 9.13 Å². The Bertz CT molecular complexity index is 407. The topological polar surface area (TPSA) is 21.3 Å². The van der Waals surface area contributed by atoms with Gasteiger partial charge in [-0.2, -0.15) is 0 Å². The fourth-order valence-electron chi connectivity index (χ4n) is 2.31. The monoisotopic (exact) mass is 315 g/mol. The van der Waals surface area contributed by atoms with E-state index in [9.17, 15) is 4.39 Å². The summed E-state index contributed by atoms with van der Waals surface area (Å²) in [4.78, 5) is 0. The number of hydrogen-bond acceptors (Lipinski definition) is 2. The largest absolute Gasteiger partial charge is 0.378 e. The molecular weight excluding hydrogens is 297 g/mol. The normalized spacial score (nSPS) is 24.7. The zero-order valence-corrected chi connectivity index (χ0v) is 12.3. The third kappa shape index (κ3) is 3.31. The second-order valence-electron chi connectivity index (χ2n) is 4.81. The molecule has 0 radical (unpaired) electrons. The number of nitrogens with one attached hydrogen (secondary N) is 1. The van der Waals surface area contributed by atoms with Crippen LogP contribution in [0.2, 0.25) is 0 Å². The van der Waals surface area contributed by atoms with Gasteiger partial charge in [-0.1, -0.05) is 6.07 Å². The van der Waals surface area contributed by atoms with Crippen molar-refractivity contribution in [2.75, 3.05) is 6.61 Å². The maximum absolute atomic E-state index is 13.2. The molecule has 100 valence electrons. The Hall–Kier alpha value is -0.450. The van der Waals surface area contributed by atoms with E-state index in [2.05, 4.69) is 28.2 Å². The lowest BCUT2D eigenvalue weighted by Crippen LogP contribution is -2.46. The molecule has 1 aromatic rings. The summed E-state index contributed by atoms with van der Waals surface area (Å²) in [5, 5.41) is 3.54. The Morgan fingerprint density at radius 1 is 1.50 bits per heavy atom. The fourth-order valence-corrected chi connectivity index (χ4v) is 2.70. The van der Waals surface area contributed by atoms with Gasteiger partial charge in [-0.25, -0.2) is 4.39 Å². The third-order valence-corrected chi connectivity index (χ3v) is 4.03. The van der Waals surface area contributed by atoms with E-state index >= 15 is 0 Å². The molecular formula is C14H19BrFNO. The molecule has 0 amide bonds. The van der Waals surface area contributed by atoms with Gasteiger partial charge in [-0.15, -0.1) is 0 Å². The Morgan fingerprint density at radius 2 is 2.22 bits per heavy atom. The second kappa shape index (κ2) is 6.13. The zero-order valence-electron chi connectivity index (χ0n) is 10.7. The van der Waals surface area contributed by atoms with Gasteiger partial charge in [0.2, 0.25) is 0 Å². The lowest BCUT2D eigenvalue weighted by molar-refractivity contribution is -0.0120. The van der Waals surface area contributed by atoms with Gasteiger partial charge < -0.3 is 10.1 Å². The van der Waals surface area contributed by atoms with Crippen molar-refractivity contribution in [1.29, 1.82) is 0 Å². The maximum atomic E-state index is 13.2. The first-order valence-electron chi connectivity index (χ1n) is 6.42. The Labute approximate surface area is 116 Å². The van der Waals surface area contributed by atoms with Crippen LogP contribution in [-0.2, 0) is 4.74 Å². The minimum atomic E-state index is -0.217. The van der Waals surface area contributed by atoms with Crippen LogP contribution in [0.15, 0.2) is 22.7 Å². The van der Waals surface area contributed by atoms with Crippen molar-refractivity contribution >= 4 is 15.9 Å². The summed E-state index contributed by atoms with van der Waals surface area (Å²) in [5.41, 5.74) is 1.10. The molecule has 0 bridgehead atoms. The molecule has 0 saturated heterocycles. The van der Waals surface area contributed by atoms with Crippen molar-refractivity contribution in [1.82, 2.24) is 5.32 Å². The number of hydrogen-bond donors (Lipinski definition) is 1. The highest BCUT2D eigenvalue weighted by atomic mass is 79.9. The highest BCUT2D eigenvalue weighted by Gasteiger charge is 2.30.